The molecule has 0 saturated carbocycles. The Morgan fingerprint density at radius 3 is 2.47 bits per heavy atom. The lowest BCUT2D eigenvalue weighted by Gasteiger charge is -2.21. The first-order valence-corrected chi connectivity index (χ1v) is 13.0. The zero-order valence-corrected chi connectivity index (χ0v) is 20.1. The molecule has 8 nitrogen and oxygen atoms in total. The number of anilines is 1. The fourth-order valence-corrected chi connectivity index (χ4v) is 5.62. The summed E-state index contributed by atoms with van der Waals surface area (Å²) < 4.78 is 73.6. The first kappa shape index (κ1) is 24.0. The normalized spacial score (nSPS) is 12.8. The Morgan fingerprint density at radius 1 is 1.19 bits per heavy atom. The van der Waals surface area contributed by atoms with E-state index < -0.39 is 30.4 Å². The van der Waals surface area contributed by atoms with Gasteiger partial charge in [0.05, 0.1) is 35.2 Å². The monoisotopic (exact) mass is 483 g/mol. The van der Waals surface area contributed by atoms with Crippen molar-refractivity contribution in [2.45, 2.75) is 43.8 Å². The van der Waals surface area contributed by atoms with Gasteiger partial charge in [0, 0.05) is 17.8 Å². The SMILES string of the molecule is CCCS(=O)(=O)Nc1cccc(-c2cnc3cc(OC)c(S(=O)(=O)C(C)(C)C)cn23)c1F. The highest BCUT2D eigenvalue weighted by Crippen LogP contribution is 2.35. The van der Waals surface area contributed by atoms with Gasteiger partial charge in [-0.2, -0.15) is 0 Å². The molecule has 0 aliphatic heterocycles. The molecule has 0 saturated heterocycles. The van der Waals surface area contributed by atoms with E-state index >= 15 is 4.39 Å². The van der Waals surface area contributed by atoms with E-state index in [2.05, 4.69) is 9.71 Å². The number of hydrogen-bond donors (Lipinski definition) is 1. The Bertz CT molecular complexity index is 1370. The summed E-state index contributed by atoms with van der Waals surface area (Å²) in [6.45, 7) is 6.44. The molecule has 174 valence electrons. The molecule has 0 bridgehead atoms. The van der Waals surface area contributed by atoms with Crippen LogP contribution in [-0.4, -0.2) is 43.8 Å². The Morgan fingerprint density at radius 2 is 1.88 bits per heavy atom. The average molecular weight is 484 g/mol. The van der Waals surface area contributed by atoms with E-state index in [1.807, 2.05) is 0 Å². The number of fused-ring (bicyclic) bond motifs is 1. The molecule has 0 atom stereocenters. The number of nitrogens with zero attached hydrogens (tertiary/aromatic N) is 2. The van der Waals surface area contributed by atoms with Gasteiger partial charge in [0.2, 0.25) is 10.0 Å². The molecular weight excluding hydrogens is 457 g/mol. The minimum absolute atomic E-state index is 0.0561. The van der Waals surface area contributed by atoms with Crippen molar-refractivity contribution >= 4 is 31.2 Å². The van der Waals surface area contributed by atoms with Gasteiger partial charge in [0.25, 0.3) is 0 Å². The van der Waals surface area contributed by atoms with Crippen LogP contribution in [0.2, 0.25) is 0 Å². The smallest absolute Gasteiger partial charge is 0.232 e. The Balaban J connectivity index is 2.22. The molecular formula is C21H26FN3O5S2. The second-order valence-corrected chi connectivity index (χ2v) is 12.8. The first-order chi connectivity index (χ1) is 14.8. The number of ether oxygens (including phenoxy) is 1. The molecule has 1 N–H and O–H groups in total. The number of imidazole rings is 1. The van der Waals surface area contributed by atoms with Crippen LogP contribution in [0.4, 0.5) is 10.1 Å². The fourth-order valence-electron chi connectivity index (χ4n) is 3.17. The predicted molar refractivity (Wildman–Crippen MR) is 122 cm³/mol. The predicted octanol–water partition coefficient (Wildman–Crippen LogP) is 3.87. The number of hydrogen-bond acceptors (Lipinski definition) is 6. The van der Waals surface area contributed by atoms with Gasteiger partial charge in [-0.05, 0) is 39.3 Å². The maximum atomic E-state index is 15.3. The Kier molecular flexibility index (Phi) is 6.27. The van der Waals surface area contributed by atoms with Crippen LogP contribution in [0.3, 0.4) is 0 Å². The van der Waals surface area contributed by atoms with Gasteiger partial charge in [0.1, 0.15) is 16.3 Å². The summed E-state index contributed by atoms with van der Waals surface area (Å²) in [5, 5.41) is 0. The van der Waals surface area contributed by atoms with E-state index in [4.69, 9.17) is 4.74 Å². The minimum Gasteiger partial charge on any atom is -0.495 e. The average Bonchev–Trinajstić information content (AvgIpc) is 3.10. The molecule has 32 heavy (non-hydrogen) atoms. The molecule has 0 aliphatic carbocycles. The van der Waals surface area contributed by atoms with Crippen molar-refractivity contribution in [2.75, 3.05) is 17.6 Å². The van der Waals surface area contributed by atoms with Crippen LogP contribution in [-0.2, 0) is 19.9 Å². The zero-order chi connectivity index (χ0) is 23.9. The molecule has 2 heterocycles. The minimum atomic E-state index is -3.80. The first-order valence-electron chi connectivity index (χ1n) is 9.91. The molecule has 3 aromatic rings. The molecule has 0 aliphatic rings. The molecule has 1 aromatic carbocycles. The van der Waals surface area contributed by atoms with Gasteiger partial charge in [0.15, 0.2) is 15.7 Å². The molecule has 0 fully saturated rings. The summed E-state index contributed by atoms with van der Waals surface area (Å²) in [5.74, 6) is -0.795. The van der Waals surface area contributed by atoms with Crippen molar-refractivity contribution in [3.8, 4) is 17.0 Å². The van der Waals surface area contributed by atoms with Gasteiger partial charge in [-0.25, -0.2) is 26.2 Å². The summed E-state index contributed by atoms with van der Waals surface area (Å²) in [5.41, 5.74) is 0.489. The molecule has 11 heteroatoms. The number of pyridine rings is 1. The Hall–Kier alpha value is -2.66. The molecule has 2 aromatic heterocycles. The van der Waals surface area contributed by atoms with Crippen molar-refractivity contribution in [2.24, 2.45) is 0 Å². The number of rotatable bonds is 7. The van der Waals surface area contributed by atoms with Crippen molar-refractivity contribution < 1.29 is 26.0 Å². The third-order valence-electron chi connectivity index (χ3n) is 4.90. The number of halogens is 1. The fraction of sp³-hybridized carbons (Fsp3) is 0.381. The second-order valence-electron chi connectivity index (χ2n) is 8.28. The van der Waals surface area contributed by atoms with Crippen LogP contribution in [0.15, 0.2) is 41.6 Å². The third-order valence-corrected chi connectivity index (χ3v) is 8.88. The third kappa shape index (κ3) is 4.31. The van der Waals surface area contributed by atoms with Crippen molar-refractivity contribution in [1.82, 2.24) is 9.38 Å². The summed E-state index contributed by atoms with van der Waals surface area (Å²) in [4.78, 5) is 4.19. The molecule has 3 rings (SSSR count). The quantitative estimate of drug-likeness (QED) is 0.547. The van der Waals surface area contributed by atoms with Gasteiger partial charge >= 0.3 is 0 Å². The number of benzene rings is 1. The number of methoxy groups -OCH3 is 1. The van der Waals surface area contributed by atoms with E-state index in [1.165, 1.54) is 48.2 Å². The van der Waals surface area contributed by atoms with Crippen LogP contribution in [0, 0.1) is 5.82 Å². The van der Waals surface area contributed by atoms with Crippen LogP contribution in [0.1, 0.15) is 34.1 Å². The molecule has 0 unspecified atom stereocenters. The van der Waals surface area contributed by atoms with Crippen molar-refractivity contribution in [3.63, 3.8) is 0 Å². The van der Waals surface area contributed by atoms with E-state index in [0.717, 1.165) is 0 Å². The number of nitrogens with one attached hydrogen (secondary N) is 1. The lowest BCUT2D eigenvalue weighted by atomic mass is 10.1. The van der Waals surface area contributed by atoms with Crippen LogP contribution in [0.25, 0.3) is 16.9 Å². The lowest BCUT2D eigenvalue weighted by molar-refractivity contribution is 0.401. The van der Waals surface area contributed by atoms with Crippen LogP contribution in [0.5, 0.6) is 5.75 Å². The second kappa shape index (κ2) is 8.36. The van der Waals surface area contributed by atoms with Gasteiger partial charge in [-0.15, -0.1) is 0 Å². The highest BCUT2D eigenvalue weighted by atomic mass is 32.2. The van der Waals surface area contributed by atoms with Gasteiger partial charge in [-0.3, -0.25) is 9.12 Å². The summed E-state index contributed by atoms with van der Waals surface area (Å²) in [7, 11) is -6.13. The molecule has 0 radical (unpaired) electrons. The summed E-state index contributed by atoms with van der Waals surface area (Å²) in [6, 6.07) is 5.78. The molecule has 0 spiro atoms. The molecule has 0 amide bonds. The Labute approximate surface area is 187 Å². The van der Waals surface area contributed by atoms with Crippen molar-refractivity contribution in [1.29, 1.82) is 0 Å². The summed E-state index contributed by atoms with van der Waals surface area (Å²) >= 11 is 0. The van der Waals surface area contributed by atoms with Crippen LogP contribution < -0.4 is 9.46 Å². The maximum absolute atomic E-state index is 15.3. The van der Waals surface area contributed by atoms with Gasteiger partial charge < -0.3 is 4.74 Å². The van der Waals surface area contributed by atoms with E-state index in [-0.39, 0.29) is 33.3 Å². The van der Waals surface area contributed by atoms with E-state index in [1.54, 1.807) is 27.7 Å². The van der Waals surface area contributed by atoms with Crippen molar-refractivity contribution in [3.05, 3.63) is 42.5 Å². The highest BCUT2D eigenvalue weighted by molar-refractivity contribution is 7.93. The van der Waals surface area contributed by atoms with Gasteiger partial charge in [-0.1, -0.05) is 13.0 Å². The number of aromatic nitrogens is 2. The van der Waals surface area contributed by atoms with E-state index in [9.17, 15) is 16.8 Å². The number of sulfonamides is 1. The van der Waals surface area contributed by atoms with E-state index in [0.29, 0.717) is 12.1 Å². The zero-order valence-electron chi connectivity index (χ0n) is 18.5. The highest BCUT2D eigenvalue weighted by Gasteiger charge is 2.34. The summed E-state index contributed by atoms with van der Waals surface area (Å²) in [6.07, 6.45) is 3.13. The topological polar surface area (TPSA) is 107 Å². The maximum Gasteiger partial charge on any atom is 0.232 e. The standard InChI is InChI=1S/C21H26FN3O5S2/c1-6-10-31(26,27)24-15-9-7-8-14(20(15)22)16-12-23-19-11-17(30-5)18(13-25(16)19)32(28,29)21(2,3)4/h7-9,11-13,24H,6,10H2,1-5H3. The van der Waals surface area contributed by atoms with Crippen LogP contribution >= 0.6 is 0 Å². The largest absolute Gasteiger partial charge is 0.495 e. The number of sulfone groups is 1. The lowest BCUT2D eigenvalue weighted by Crippen LogP contribution is -2.28.